The van der Waals surface area contributed by atoms with Crippen molar-refractivity contribution in [1.82, 2.24) is 5.32 Å². The Morgan fingerprint density at radius 1 is 1.12 bits per heavy atom. The van der Waals surface area contributed by atoms with E-state index in [4.69, 9.17) is 27.9 Å². The summed E-state index contributed by atoms with van der Waals surface area (Å²) in [7, 11) is 0. The Hall–Kier alpha value is -1.22. The van der Waals surface area contributed by atoms with Crippen molar-refractivity contribution in [2.45, 2.75) is 38.2 Å². The Kier molecular flexibility index (Phi) is 5.39. The molecule has 2 aromatic carbocycles. The first-order valence-corrected chi connectivity index (χ1v) is 9.13. The van der Waals surface area contributed by atoms with Gasteiger partial charge >= 0.3 is 0 Å². The third-order valence-corrected chi connectivity index (χ3v) is 5.19. The lowest BCUT2D eigenvalue weighted by molar-refractivity contribution is 0.0718. The largest absolute Gasteiger partial charge is 0.488 e. The zero-order chi connectivity index (χ0) is 17.2. The topological polar surface area (TPSA) is 21.3 Å². The molecule has 1 atom stereocenters. The van der Waals surface area contributed by atoms with Gasteiger partial charge in [-0.15, -0.1) is 0 Å². The first-order valence-electron chi connectivity index (χ1n) is 8.37. The molecule has 4 heteroatoms. The van der Waals surface area contributed by atoms with Crippen molar-refractivity contribution in [3.05, 3.63) is 63.6 Å². The van der Waals surface area contributed by atoms with Crippen LogP contribution in [0.5, 0.6) is 5.75 Å². The maximum absolute atomic E-state index is 6.09. The van der Waals surface area contributed by atoms with E-state index >= 15 is 0 Å². The van der Waals surface area contributed by atoms with Crippen molar-refractivity contribution in [3.8, 4) is 5.75 Å². The first-order chi connectivity index (χ1) is 11.4. The number of hydrogen-bond acceptors (Lipinski definition) is 2. The predicted molar refractivity (Wildman–Crippen MR) is 102 cm³/mol. The molecule has 0 fully saturated rings. The highest BCUT2D eigenvalue weighted by atomic mass is 35.5. The molecule has 0 saturated carbocycles. The minimum absolute atomic E-state index is 0.121. The fraction of sp³-hybridized carbons (Fsp3) is 0.400. The molecule has 1 unspecified atom stereocenters. The Labute approximate surface area is 154 Å². The highest BCUT2D eigenvalue weighted by Gasteiger charge is 2.33. The molecule has 3 rings (SSSR count). The van der Waals surface area contributed by atoms with Crippen LogP contribution in [0.4, 0.5) is 0 Å². The summed E-state index contributed by atoms with van der Waals surface area (Å²) >= 11 is 12.0. The molecule has 128 valence electrons. The third-order valence-electron chi connectivity index (χ3n) is 4.45. The Morgan fingerprint density at radius 2 is 1.92 bits per heavy atom. The second-order valence-corrected chi connectivity index (χ2v) is 7.82. The molecule has 0 amide bonds. The van der Waals surface area contributed by atoms with Gasteiger partial charge in [-0.1, -0.05) is 47.5 Å². The van der Waals surface area contributed by atoms with Gasteiger partial charge in [-0.05, 0) is 62.6 Å². The van der Waals surface area contributed by atoms with Crippen LogP contribution in [0.2, 0.25) is 10.0 Å². The molecular weight excluding hydrogens is 341 g/mol. The van der Waals surface area contributed by atoms with Crippen molar-refractivity contribution >= 4 is 23.2 Å². The van der Waals surface area contributed by atoms with E-state index in [1.165, 1.54) is 11.1 Å². The van der Waals surface area contributed by atoms with Crippen LogP contribution in [0.15, 0.2) is 42.5 Å². The quantitative estimate of drug-likeness (QED) is 0.711. The standard InChI is InChI=1S/C20H23Cl2NO/c1-20(2)12-15(16-5-3-4-6-19(16)24-20)13-23-10-9-14-7-8-17(21)18(22)11-14/h3-8,11,15,23H,9-10,12-13H2,1-2H3. The number of ether oxygens (including phenoxy) is 1. The van der Waals surface area contributed by atoms with Crippen LogP contribution >= 0.6 is 23.2 Å². The molecule has 1 aliphatic heterocycles. The SMILES string of the molecule is CC1(C)CC(CNCCc2ccc(Cl)c(Cl)c2)c2ccccc2O1. The number of halogens is 2. The van der Waals surface area contributed by atoms with E-state index in [2.05, 4.69) is 37.4 Å². The highest BCUT2D eigenvalue weighted by molar-refractivity contribution is 6.42. The van der Waals surface area contributed by atoms with E-state index in [-0.39, 0.29) is 5.60 Å². The van der Waals surface area contributed by atoms with Gasteiger partial charge in [0.05, 0.1) is 10.0 Å². The second kappa shape index (κ2) is 7.35. The molecule has 0 saturated heterocycles. The van der Waals surface area contributed by atoms with Gasteiger partial charge in [0.2, 0.25) is 0 Å². The van der Waals surface area contributed by atoms with Crippen LogP contribution in [0.3, 0.4) is 0 Å². The molecule has 0 aromatic heterocycles. The molecule has 0 radical (unpaired) electrons. The summed E-state index contributed by atoms with van der Waals surface area (Å²) in [4.78, 5) is 0. The highest BCUT2D eigenvalue weighted by Crippen LogP contribution is 2.40. The second-order valence-electron chi connectivity index (χ2n) is 7.00. The molecular formula is C20H23Cl2NO. The van der Waals surface area contributed by atoms with Crippen molar-refractivity contribution in [2.75, 3.05) is 13.1 Å². The zero-order valence-corrected chi connectivity index (χ0v) is 15.6. The lowest BCUT2D eigenvalue weighted by Crippen LogP contribution is -2.38. The van der Waals surface area contributed by atoms with Gasteiger partial charge in [0.15, 0.2) is 0 Å². The molecule has 2 aromatic rings. The van der Waals surface area contributed by atoms with Crippen LogP contribution in [-0.4, -0.2) is 18.7 Å². The van der Waals surface area contributed by atoms with Gasteiger partial charge in [0.1, 0.15) is 11.4 Å². The third kappa shape index (κ3) is 4.24. The Morgan fingerprint density at radius 3 is 2.71 bits per heavy atom. The van der Waals surface area contributed by atoms with E-state index in [0.29, 0.717) is 16.0 Å². The maximum Gasteiger partial charge on any atom is 0.123 e. The lowest BCUT2D eigenvalue weighted by Gasteiger charge is -2.37. The molecule has 1 aliphatic rings. The normalized spacial score (nSPS) is 18.8. The molecule has 0 bridgehead atoms. The van der Waals surface area contributed by atoms with Gasteiger partial charge in [0.25, 0.3) is 0 Å². The van der Waals surface area contributed by atoms with E-state index in [9.17, 15) is 0 Å². The average molecular weight is 364 g/mol. The van der Waals surface area contributed by atoms with Crippen LogP contribution < -0.4 is 10.1 Å². The number of nitrogens with one attached hydrogen (secondary N) is 1. The van der Waals surface area contributed by atoms with Crippen molar-refractivity contribution in [1.29, 1.82) is 0 Å². The smallest absolute Gasteiger partial charge is 0.123 e. The van der Waals surface area contributed by atoms with Crippen LogP contribution in [0.1, 0.15) is 37.3 Å². The first kappa shape index (κ1) is 17.6. The van der Waals surface area contributed by atoms with E-state index in [1.54, 1.807) is 0 Å². The fourth-order valence-corrected chi connectivity index (χ4v) is 3.66. The number of hydrogen-bond donors (Lipinski definition) is 1. The van der Waals surface area contributed by atoms with E-state index in [1.807, 2.05) is 24.3 Å². The van der Waals surface area contributed by atoms with Crippen molar-refractivity contribution < 1.29 is 4.74 Å². The predicted octanol–water partition coefficient (Wildman–Crippen LogP) is 5.47. The van der Waals surface area contributed by atoms with Gasteiger partial charge < -0.3 is 10.1 Å². The van der Waals surface area contributed by atoms with Gasteiger partial charge in [-0.3, -0.25) is 0 Å². The fourth-order valence-electron chi connectivity index (χ4n) is 3.34. The minimum atomic E-state index is -0.121. The number of fused-ring (bicyclic) bond motifs is 1. The lowest BCUT2D eigenvalue weighted by atomic mass is 9.84. The zero-order valence-electron chi connectivity index (χ0n) is 14.1. The van der Waals surface area contributed by atoms with Crippen LogP contribution in [0.25, 0.3) is 0 Å². The summed E-state index contributed by atoms with van der Waals surface area (Å²) in [5, 5.41) is 4.81. The van der Waals surface area contributed by atoms with Crippen molar-refractivity contribution in [3.63, 3.8) is 0 Å². The molecule has 2 nitrogen and oxygen atoms in total. The summed E-state index contributed by atoms with van der Waals surface area (Å²) in [5.41, 5.74) is 2.38. The van der Waals surface area contributed by atoms with Crippen LogP contribution in [0, 0.1) is 0 Å². The minimum Gasteiger partial charge on any atom is -0.488 e. The van der Waals surface area contributed by atoms with Gasteiger partial charge in [-0.25, -0.2) is 0 Å². The summed E-state index contributed by atoms with van der Waals surface area (Å²) in [5.74, 6) is 1.49. The Bertz CT molecular complexity index is 715. The molecule has 24 heavy (non-hydrogen) atoms. The monoisotopic (exact) mass is 363 g/mol. The summed E-state index contributed by atoms with van der Waals surface area (Å²) in [6, 6.07) is 14.2. The molecule has 1 heterocycles. The maximum atomic E-state index is 6.09. The number of benzene rings is 2. The number of rotatable bonds is 5. The summed E-state index contributed by atoms with van der Waals surface area (Å²) < 4.78 is 6.09. The van der Waals surface area contributed by atoms with E-state index in [0.717, 1.165) is 31.7 Å². The van der Waals surface area contributed by atoms with Crippen LogP contribution in [-0.2, 0) is 6.42 Å². The van der Waals surface area contributed by atoms with Gasteiger partial charge in [0, 0.05) is 12.5 Å². The summed E-state index contributed by atoms with van der Waals surface area (Å²) in [6.45, 7) is 6.18. The van der Waals surface area contributed by atoms with Gasteiger partial charge in [-0.2, -0.15) is 0 Å². The van der Waals surface area contributed by atoms with Crippen molar-refractivity contribution in [2.24, 2.45) is 0 Å². The summed E-state index contributed by atoms with van der Waals surface area (Å²) in [6.07, 6.45) is 1.95. The molecule has 1 N–H and O–H groups in total. The molecule has 0 aliphatic carbocycles. The number of para-hydroxylation sites is 1. The average Bonchev–Trinajstić information content (AvgIpc) is 2.53. The van der Waals surface area contributed by atoms with E-state index < -0.39 is 0 Å². The molecule has 0 spiro atoms. The Balaban J connectivity index is 1.57.